The topological polar surface area (TPSA) is 119 Å². The van der Waals surface area contributed by atoms with Crippen LogP contribution in [0.1, 0.15) is 28.1 Å². The summed E-state index contributed by atoms with van der Waals surface area (Å²) in [7, 11) is 1.25. The number of esters is 1. The first kappa shape index (κ1) is 16.1. The van der Waals surface area contributed by atoms with Crippen LogP contribution in [0.4, 0.5) is 5.69 Å². The number of nitrogens with one attached hydrogen (secondary N) is 1. The number of ether oxygens (including phenoxy) is 1. The molecule has 4 N–H and O–H groups in total. The molecule has 1 aromatic heterocycles. The zero-order valence-corrected chi connectivity index (χ0v) is 12.0. The van der Waals surface area contributed by atoms with Gasteiger partial charge in [0, 0.05) is 6.42 Å². The second kappa shape index (κ2) is 7.01. The lowest BCUT2D eigenvalue weighted by atomic mass is 10.1. The van der Waals surface area contributed by atoms with E-state index in [-0.39, 0.29) is 17.7 Å². The summed E-state index contributed by atoms with van der Waals surface area (Å²) in [5, 5.41) is 12.8. The van der Waals surface area contributed by atoms with Crippen LogP contribution in [0.5, 0.6) is 0 Å². The third-order valence-corrected chi connectivity index (χ3v) is 3.68. The van der Waals surface area contributed by atoms with E-state index < -0.39 is 23.9 Å². The van der Waals surface area contributed by atoms with Gasteiger partial charge in [0.15, 0.2) is 0 Å². The first-order valence-electron chi connectivity index (χ1n) is 5.81. The molecule has 0 radical (unpaired) electrons. The molecule has 1 aromatic rings. The number of hydrogen-bond acceptors (Lipinski definition) is 6. The number of hydrogen-bond donors (Lipinski definition) is 3. The van der Waals surface area contributed by atoms with Crippen molar-refractivity contribution in [3.05, 3.63) is 15.8 Å². The summed E-state index contributed by atoms with van der Waals surface area (Å²) >= 11 is 1.16. The van der Waals surface area contributed by atoms with Crippen LogP contribution in [0.3, 0.4) is 0 Å². The Kier molecular flexibility index (Phi) is 5.66. The fourth-order valence-electron chi connectivity index (χ4n) is 1.47. The number of amides is 1. The molecule has 0 aliphatic carbocycles. The summed E-state index contributed by atoms with van der Waals surface area (Å²) in [6, 6.07) is -0.948. The molecule has 0 fully saturated rings. The fraction of sp³-hybridized carbons (Fsp3) is 0.417. The summed E-state index contributed by atoms with van der Waals surface area (Å²) in [6.45, 7) is 1.74. The van der Waals surface area contributed by atoms with E-state index in [1.807, 2.05) is 0 Å². The van der Waals surface area contributed by atoms with Crippen LogP contribution in [0, 0.1) is 6.92 Å². The molecule has 1 rings (SSSR count). The zero-order valence-electron chi connectivity index (χ0n) is 11.1. The lowest BCUT2D eigenvalue weighted by molar-refractivity contribution is -0.137. The number of rotatable bonds is 6. The lowest BCUT2D eigenvalue weighted by Gasteiger charge is -2.12. The quantitative estimate of drug-likeness (QED) is 0.674. The largest absolute Gasteiger partial charge is 0.481 e. The van der Waals surface area contributed by atoms with Gasteiger partial charge in [0.2, 0.25) is 5.91 Å². The minimum atomic E-state index is -1.02. The molecule has 20 heavy (non-hydrogen) atoms. The Balaban J connectivity index is 2.77. The van der Waals surface area contributed by atoms with Crippen molar-refractivity contribution in [3.8, 4) is 0 Å². The maximum absolute atomic E-state index is 11.9. The molecule has 0 aliphatic rings. The SMILES string of the molecule is COC(=O)c1scc(C)c1NC(=O)C(N)CCC(=O)O. The average Bonchev–Trinajstić information content (AvgIpc) is 2.76. The maximum Gasteiger partial charge on any atom is 0.350 e. The van der Waals surface area contributed by atoms with E-state index in [0.717, 1.165) is 11.3 Å². The Morgan fingerprint density at radius 2 is 2.15 bits per heavy atom. The van der Waals surface area contributed by atoms with Crippen LogP contribution in [0.2, 0.25) is 0 Å². The first-order valence-corrected chi connectivity index (χ1v) is 6.69. The Labute approximate surface area is 119 Å². The highest BCUT2D eigenvalue weighted by molar-refractivity contribution is 7.12. The Hall–Kier alpha value is -1.93. The van der Waals surface area contributed by atoms with Crippen molar-refractivity contribution in [1.82, 2.24) is 0 Å². The van der Waals surface area contributed by atoms with Crippen LogP contribution in [-0.4, -0.2) is 36.1 Å². The molecule has 7 nitrogen and oxygen atoms in total. The minimum Gasteiger partial charge on any atom is -0.481 e. The van der Waals surface area contributed by atoms with Crippen molar-refractivity contribution in [2.24, 2.45) is 5.73 Å². The highest BCUT2D eigenvalue weighted by atomic mass is 32.1. The smallest absolute Gasteiger partial charge is 0.350 e. The van der Waals surface area contributed by atoms with Crippen LogP contribution in [-0.2, 0) is 14.3 Å². The minimum absolute atomic E-state index is 0.0257. The van der Waals surface area contributed by atoms with E-state index in [1.54, 1.807) is 12.3 Å². The second-order valence-electron chi connectivity index (χ2n) is 4.14. The van der Waals surface area contributed by atoms with Gasteiger partial charge >= 0.3 is 11.9 Å². The summed E-state index contributed by atoms with van der Waals surface area (Å²) < 4.78 is 4.62. The molecule has 1 unspecified atom stereocenters. The second-order valence-corrected chi connectivity index (χ2v) is 5.02. The van der Waals surface area contributed by atoms with Crippen molar-refractivity contribution in [2.75, 3.05) is 12.4 Å². The van der Waals surface area contributed by atoms with Crippen molar-refractivity contribution in [2.45, 2.75) is 25.8 Å². The molecule has 0 aliphatic heterocycles. The number of nitrogens with two attached hydrogens (primary N) is 1. The predicted molar refractivity (Wildman–Crippen MR) is 73.9 cm³/mol. The number of aryl methyl sites for hydroxylation is 1. The number of aliphatic carboxylic acids is 1. The molecule has 0 aromatic carbocycles. The highest BCUT2D eigenvalue weighted by Gasteiger charge is 2.21. The molecule has 0 bridgehead atoms. The van der Waals surface area contributed by atoms with Gasteiger partial charge in [0.25, 0.3) is 0 Å². The number of methoxy groups -OCH3 is 1. The number of anilines is 1. The van der Waals surface area contributed by atoms with Gasteiger partial charge < -0.3 is 20.9 Å². The fourth-order valence-corrected chi connectivity index (χ4v) is 2.39. The van der Waals surface area contributed by atoms with Crippen LogP contribution >= 0.6 is 11.3 Å². The number of thiophene rings is 1. The average molecular weight is 300 g/mol. The Bertz CT molecular complexity index is 526. The van der Waals surface area contributed by atoms with Gasteiger partial charge in [-0.15, -0.1) is 11.3 Å². The van der Waals surface area contributed by atoms with Crippen LogP contribution < -0.4 is 11.1 Å². The van der Waals surface area contributed by atoms with Gasteiger partial charge in [-0.25, -0.2) is 4.79 Å². The van der Waals surface area contributed by atoms with Crippen LogP contribution in [0.25, 0.3) is 0 Å². The highest BCUT2D eigenvalue weighted by Crippen LogP contribution is 2.28. The molecular formula is C12H16N2O5S. The van der Waals surface area contributed by atoms with Crippen molar-refractivity contribution >= 4 is 34.9 Å². The number of carboxylic acids is 1. The van der Waals surface area contributed by atoms with E-state index in [1.165, 1.54) is 7.11 Å². The van der Waals surface area contributed by atoms with E-state index >= 15 is 0 Å². The molecule has 0 spiro atoms. The lowest BCUT2D eigenvalue weighted by Crippen LogP contribution is -2.36. The van der Waals surface area contributed by atoms with Gasteiger partial charge in [-0.2, -0.15) is 0 Å². The molecule has 110 valence electrons. The summed E-state index contributed by atoms with van der Waals surface area (Å²) in [5.74, 6) is -2.09. The number of carbonyl (C=O) groups excluding carboxylic acids is 2. The van der Waals surface area contributed by atoms with E-state index in [0.29, 0.717) is 11.3 Å². The molecular weight excluding hydrogens is 284 g/mol. The Morgan fingerprint density at radius 1 is 1.50 bits per heavy atom. The number of carbonyl (C=O) groups is 3. The molecule has 0 saturated carbocycles. The summed E-state index contributed by atoms with van der Waals surface area (Å²) in [4.78, 5) is 34.1. The molecule has 8 heteroatoms. The maximum atomic E-state index is 11.9. The van der Waals surface area contributed by atoms with Crippen molar-refractivity contribution < 1.29 is 24.2 Å². The molecule has 1 amide bonds. The van der Waals surface area contributed by atoms with E-state index in [9.17, 15) is 14.4 Å². The molecule has 1 atom stereocenters. The Morgan fingerprint density at radius 3 is 2.70 bits per heavy atom. The zero-order chi connectivity index (χ0) is 15.3. The van der Waals surface area contributed by atoms with Gasteiger partial charge in [-0.3, -0.25) is 9.59 Å². The van der Waals surface area contributed by atoms with Gasteiger partial charge in [0.1, 0.15) is 4.88 Å². The standard InChI is InChI=1S/C12H16N2O5S/c1-6-5-20-10(12(18)19-2)9(6)14-11(17)7(13)3-4-8(15)16/h5,7H,3-4,13H2,1-2H3,(H,14,17)(H,15,16). The predicted octanol–water partition coefficient (Wildman–Crippen LogP) is 0.974. The van der Waals surface area contributed by atoms with Gasteiger partial charge in [-0.05, 0) is 24.3 Å². The summed E-state index contributed by atoms with van der Waals surface area (Å²) in [6.07, 6.45) is -0.168. The summed E-state index contributed by atoms with van der Waals surface area (Å²) in [5.41, 5.74) is 6.68. The third-order valence-electron chi connectivity index (χ3n) is 2.60. The van der Waals surface area contributed by atoms with Gasteiger partial charge in [0.05, 0.1) is 18.8 Å². The number of carboxylic acid groups (broad SMARTS) is 1. The van der Waals surface area contributed by atoms with Crippen LogP contribution in [0.15, 0.2) is 5.38 Å². The third kappa shape index (κ3) is 4.04. The van der Waals surface area contributed by atoms with E-state index in [2.05, 4.69) is 10.1 Å². The van der Waals surface area contributed by atoms with Gasteiger partial charge in [-0.1, -0.05) is 0 Å². The monoisotopic (exact) mass is 300 g/mol. The normalized spacial score (nSPS) is 11.8. The van der Waals surface area contributed by atoms with Crippen molar-refractivity contribution in [1.29, 1.82) is 0 Å². The molecule has 1 heterocycles. The first-order chi connectivity index (χ1) is 9.36. The van der Waals surface area contributed by atoms with Crippen molar-refractivity contribution in [3.63, 3.8) is 0 Å². The van der Waals surface area contributed by atoms with E-state index in [4.69, 9.17) is 10.8 Å². The molecule has 0 saturated heterocycles.